The van der Waals surface area contributed by atoms with Crippen LogP contribution in [0.5, 0.6) is 0 Å². The van der Waals surface area contributed by atoms with Crippen molar-refractivity contribution in [2.24, 2.45) is 5.92 Å². The lowest BCUT2D eigenvalue weighted by Crippen LogP contribution is -2.40. The molecular weight excluding hydrogens is 342 g/mol. The molecule has 6 nitrogen and oxygen atoms in total. The summed E-state index contributed by atoms with van der Waals surface area (Å²) in [7, 11) is -3.52. The highest BCUT2D eigenvalue weighted by Crippen LogP contribution is 2.34. The van der Waals surface area contributed by atoms with E-state index in [2.05, 4.69) is 0 Å². The quantitative estimate of drug-likeness (QED) is 0.877. The van der Waals surface area contributed by atoms with Gasteiger partial charge in [0.05, 0.1) is 5.92 Å². The molecule has 1 heterocycles. The van der Waals surface area contributed by atoms with Crippen molar-refractivity contribution < 1.29 is 23.1 Å². The summed E-state index contributed by atoms with van der Waals surface area (Å²) >= 11 is 5.84. The van der Waals surface area contributed by atoms with E-state index in [1.54, 1.807) is 24.3 Å². The molecule has 0 saturated carbocycles. The molecule has 1 saturated heterocycles. The van der Waals surface area contributed by atoms with Gasteiger partial charge in [0.2, 0.25) is 5.91 Å². The topological polar surface area (TPSA) is 91.8 Å². The predicted molar refractivity (Wildman–Crippen MR) is 86.2 cm³/mol. The number of amides is 1. The van der Waals surface area contributed by atoms with Crippen molar-refractivity contribution in [2.75, 3.05) is 19.3 Å². The molecule has 1 aliphatic rings. The summed E-state index contributed by atoms with van der Waals surface area (Å²) in [4.78, 5) is 25.2. The zero-order valence-electron chi connectivity index (χ0n) is 12.8. The molecule has 0 aromatic heterocycles. The van der Waals surface area contributed by atoms with Crippen LogP contribution in [-0.4, -0.2) is 54.9 Å². The summed E-state index contributed by atoms with van der Waals surface area (Å²) in [5.41, 5.74) is 0.768. The Morgan fingerprint density at radius 2 is 1.83 bits per heavy atom. The van der Waals surface area contributed by atoms with Crippen LogP contribution in [-0.2, 0) is 19.4 Å². The number of likely N-dealkylation sites (tertiary alicyclic amines) is 1. The number of carboxylic acid groups (broad SMARTS) is 1. The van der Waals surface area contributed by atoms with E-state index < -0.39 is 32.9 Å². The monoisotopic (exact) mass is 359 g/mol. The standard InChI is InChI=1S/C15H18ClNO5S/c1-9(23(2,21)22)14(18)17-7-12(13(8-17)15(19)20)10-3-5-11(16)6-4-10/h3-6,9,12-13H,7-8H2,1-2H3,(H,19,20)/t9?,12-,13+/m0/s1. The predicted octanol–water partition coefficient (Wildman–Crippen LogP) is 1.40. The van der Waals surface area contributed by atoms with Crippen LogP contribution < -0.4 is 0 Å². The Bertz CT molecular complexity index is 716. The van der Waals surface area contributed by atoms with Gasteiger partial charge in [0, 0.05) is 30.3 Å². The highest BCUT2D eigenvalue weighted by Gasteiger charge is 2.42. The Kier molecular flexibility index (Phi) is 5.01. The zero-order valence-corrected chi connectivity index (χ0v) is 14.3. The van der Waals surface area contributed by atoms with Gasteiger partial charge in [0.15, 0.2) is 9.84 Å². The van der Waals surface area contributed by atoms with E-state index in [1.807, 2.05) is 0 Å². The Labute approximate surface area is 140 Å². The second kappa shape index (κ2) is 6.49. The molecule has 2 rings (SSSR count). The second-order valence-corrected chi connectivity index (χ2v) is 8.62. The smallest absolute Gasteiger partial charge is 0.308 e. The first-order valence-electron chi connectivity index (χ1n) is 7.07. The van der Waals surface area contributed by atoms with Gasteiger partial charge in [-0.2, -0.15) is 0 Å². The van der Waals surface area contributed by atoms with E-state index in [1.165, 1.54) is 11.8 Å². The van der Waals surface area contributed by atoms with Gasteiger partial charge in [-0.05, 0) is 24.6 Å². The minimum Gasteiger partial charge on any atom is -0.481 e. The molecule has 1 unspecified atom stereocenters. The zero-order chi connectivity index (χ0) is 17.4. The number of carbonyl (C=O) groups is 2. The van der Waals surface area contributed by atoms with Gasteiger partial charge in [-0.1, -0.05) is 23.7 Å². The molecule has 1 fully saturated rings. The average molecular weight is 360 g/mol. The Balaban J connectivity index is 2.26. The highest BCUT2D eigenvalue weighted by atomic mass is 35.5. The maximum Gasteiger partial charge on any atom is 0.308 e. The van der Waals surface area contributed by atoms with Crippen LogP contribution in [0.2, 0.25) is 5.02 Å². The summed E-state index contributed by atoms with van der Waals surface area (Å²) < 4.78 is 23.1. The number of carbonyl (C=O) groups excluding carboxylic acids is 1. The van der Waals surface area contributed by atoms with Crippen LogP contribution in [0.1, 0.15) is 18.4 Å². The van der Waals surface area contributed by atoms with Crippen LogP contribution in [0.25, 0.3) is 0 Å². The minimum absolute atomic E-state index is 0.00131. The van der Waals surface area contributed by atoms with Crippen molar-refractivity contribution in [1.29, 1.82) is 0 Å². The van der Waals surface area contributed by atoms with Crippen molar-refractivity contribution >= 4 is 33.3 Å². The molecule has 1 aliphatic heterocycles. The molecule has 3 atom stereocenters. The van der Waals surface area contributed by atoms with Gasteiger partial charge in [0.25, 0.3) is 0 Å². The normalized spacial score (nSPS) is 22.8. The fourth-order valence-electron chi connectivity index (χ4n) is 2.72. The van der Waals surface area contributed by atoms with E-state index in [0.717, 1.165) is 11.8 Å². The molecule has 0 spiro atoms. The molecule has 0 aliphatic carbocycles. The van der Waals surface area contributed by atoms with Gasteiger partial charge in [-0.15, -0.1) is 0 Å². The van der Waals surface area contributed by atoms with Crippen molar-refractivity contribution in [3.8, 4) is 0 Å². The van der Waals surface area contributed by atoms with Crippen LogP contribution in [0.4, 0.5) is 0 Å². The number of nitrogens with zero attached hydrogens (tertiary/aromatic N) is 1. The number of rotatable bonds is 4. The lowest BCUT2D eigenvalue weighted by atomic mass is 9.89. The molecule has 1 aromatic rings. The first-order chi connectivity index (χ1) is 10.6. The summed E-state index contributed by atoms with van der Waals surface area (Å²) in [6, 6.07) is 6.80. The van der Waals surface area contributed by atoms with Gasteiger partial charge in [-0.25, -0.2) is 8.42 Å². The van der Waals surface area contributed by atoms with E-state index in [9.17, 15) is 23.1 Å². The second-order valence-electron chi connectivity index (χ2n) is 5.82. The van der Waals surface area contributed by atoms with Crippen molar-refractivity contribution in [3.05, 3.63) is 34.9 Å². The molecular formula is C15H18ClNO5S. The lowest BCUT2D eigenvalue weighted by molar-refractivity contribution is -0.141. The third-order valence-corrected chi connectivity index (χ3v) is 5.97. The number of hydrogen-bond donors (Lipinski definition) is 1. The van der Waals surface area contributed by atoms with E-state index >= 15 is 0 Å². The van der Waals surface area contributed by atoms with Crippen LogP contribution in [0.15, 0.2) is 24.3 Å². The first-order valence-corrected chi connectivity index (χ1v) is 9.40. The maximum atomic E-state index is 12.3. The van der Waals surface area contributed by atoms with E-state index in [-0.39, 0.29) is 19.0 Å². The molecule has 1 aromatic carbocycles. The fraction of sp³-hybridized carbons (Fsp3) is 0.467. The molecule has 126 valence electrons. The van der Waals surface area contributed by atoms with Gasteiger partial charge in [-0.3, -0.25) is 9.59 Å². The summed E-state index contributed by atoms with van der Waals surface area (Å²) in [6.45, 7) is 1.50. The number of halogens is 1. The maximum absolute atomic E-state index is 12.3. The number of benzene rings is 1. The van der Waals surface area contributed by atoms with Crippen LogP contribution in [0.3, 0.4) is 0 Å². The molecule has 0 bridgehead atoms. The molecule has 1 amide bonds. The number of sulfone groups is 1. The number of carboxylic acids is 1. The summed E-state index contributed by atoms with van der Waals surface area (Å²) in [5, 5.41) is 8.77. The molecule has 0 radical (unpaired) electrons. The number of hydrogen-bond acceptors (Lipinski definition) is 4. The van der Waals surface area contributed by atoms with Gasteiger partial charge in [0.1, 0.15) is 5.25 Å². The Hall–Kier alpha value is -1.60. The summed E-state index contributed by atoms with van der Waals surface area (Å²) in [6.07, 6.45) is 0.997. The average Bonchev–Trinajstić information content (AvgIpc) is 2.91. The van der Waals surface area contributed by atoms with Crippen molar-refractivity contribution in [2.45, 2.75) is 18.1 Å². The highest BCUT2D eigenvalue weighted by molar-refractivity contribution is 7.92. The van der Waals surface area contributed by atoms with Crippen molar-refractivity contribution in [3.63, 3.8) is 0 Å². The summed E-state index contributed by atoms with van der Waals surface area (Å²) in [5.74, 6) is -2.73. The molecule has 8 heteroatoms. The Morgan fingerprint density at radius 1 is 1.26 bits per heavy atom. The third-order valence-electron chi connectivity index (χ3n) is 4.24. The van der Waals surface area contributed by atoms with Gasteiger partial charge >= 0.3 is 5.97 Å². The van der Waals surface area contributed by atoms with Gasteiger partial charge < -0.3 is 10.0 Å². The number of aliphatic carboxylic acids is 1. The van der Waals surface area contributed by atoms with E-state index in [4.69, 9.17) is 11.6 Å². The van der Waals surface area contributed by atoms with Crippen molar-refractivity contribution in [1.82, 2.24) is 4.90 Å². The Morgan fingerprint density at radius 3 is 2.30 bits per heavy atom. The third kappa shape index (κ3) is 3.84. The van der Waals surface area contributed by atoms with E-state index in [0.29, 0.717) is 5.02 Å². The minimum atomic E-state index is -3.52. The molecule has 1 N–H and O–H groups in total. The largest absolute Gasteiger partial charge is 0.481 e. The SMILES string of the molecule is CC(C(=O)N1C[C@@H](C(=O)O)[C@H](c2ccc(Cl)cc2)C1)S(C)(=O)=O. The lowest BCUT2D eigenvalue weighted by Gasteiger charge is -2.20. The fourth-order valence-corrected chi connectivity index (χ4v) is 3.36. The first kappa shape index (κ1) is 17.7. The van der Waals surface area contributed by atoms with Crippen LogP contribution >= 0.6 is 11.6 Å². The van der Waals surface area contributed by atoms with Crippen LogP contribution in [0, 0.1) is 5.92 Å². The molecule has 23 heavy (non-hydrogen) atoms.